The molecular formula is C20H20N2O2S. The number of rotatable bonds is 5. The minimum atomic E-state index is 0.149. The molecule has 0 saturated carbocycles. The highest BCUT2D eigenvalue weighted by atomic mass is 32.2. The molecule has 1 heterocycles. The molecule has 2 aromatic carbocycles. The lowest BCUT2D eigenvalue weighted by Gasteiger charge is -2.16. The third-order valence-corrected chi connectivity index (χ3v) is 5.55. The van der Waals surface area contributed by atoms with E-state index in [1.165, 1.54) is 35.7 Å². The molecule has 1 aliphatic carbocycles. The summed E-state index contributed by atoms with van der Waals surface area (Å²) >= 11 is 1.44. The van der Waals surface area contributed by atoms with Crippen LogP contribution in [0.1, 0.15) is 34.3 Å². The van der Waals surface area contributed by atoms with E-state index < -0.39 is 0 Å². The first-order valence-corrected chi connectivity index (χ1v) is 9.53. The van der Waals surface area contributed by atoms with E-state index in [9.17, 15) is 4.79 Å². The molecule has 0 atom stereocenters. The average molecular weight is 352 g/mol. The van der Waals surface area contributed by atoms with Crippen molar-refractivity contribution in [2.24, 2.45) is 0 Å². The number of nitrogens with zero attached hydrogens (tertiary/aromatic N) is 1. The van der Waals surface area contributed by atoms with Gasteiger partial charge in [-0.1, -0.05) is 23.9 Å². The Labute approximate surface area is 151 Å². The standard InChI is InChI=1S/C20H20N2O2S/c1-24-16-8-9-17-18(11-16)22-20(21-17)25-12-19(23)15-7-6-13-4-2-3-5-14(13)10-15/h6-11H,2-5,12H2,1H3,(H,21,22). The van der Waals surface area contributed by atoms with Gasteiger partial charge in [0.25, 0.3) is 0 Å². The largest absolute Gasteiger partial charge is 0.497 e. The number of carbonyl (C=O) groups is 1. The Balaban J connectivity index is 1.46. The highest BCUT2D eigenvalue weighted by Gasteiger charge is 2.14. The molecule has 5 heteroatoms. The number of aromatic amines is 1. The van der Waals surface area contributed by atoms with Crippen LogP contribution in [-0.4, -0.2) is 28.6 Å². The Morgan fingerprint density at radius 2 is 2.00 bits per heavy atom. The van der Waals surface area contributed by atoms with Crippen LogP contribution in [0.2, 0.25) is 0 Å². The first-order valence-electron chi connectivity index (χ1n) is 8.54. The molecule has 4 nitrogen and oxygen atoms in total. The molecule has 0 bridgehead atoms. The summed E-state index contributed by atoms with van der Waals surface area (Å²) < 4.78 is 5.22. The van der Waals surface area contributed by atoms with Crippen molar-refractivity contribution in [3.63, 3.8) is 0 Å². The molecule has 0 unspecified atom stereocenters. The van der Waals surface area contributed by atoms with Crippen LogP contribution in [0.15, 0.2) is 41.6 Å². The average Bonchev–Trinajstić information content (AvgIpc) is 3.07. The van der Waals surface area contributed by atoms with Crippen LogP contribution in [0.5, 0.6) is 5.75 Å². The molecule has 4 rings (SSSR count). The first-order chi connectivity index (χ1) is 12.2. The zero-order valence-corrected chi connectivity index (χ0v) is 15.0. The maximum absolute atomic E-state index is 12.5. The van der Waals surface area contributed by atoms with Gasteiger partial charge in [-0.15, -0.1) is 0 Å². The second-order valence-corrected chi connectivity index (χ2v) is 7.29. The van der Waals surface area contributed by atoms with Crippen molar-refractivity contribution in [2.45, 2.75) is 30.8 Å². The van der Waals surface area contributed by atoms with E-state index in [-0.39, 0.29) is 5.78 Å². The van der Waals surface area contributed by atoms with Gasteiger partial charge in [-0.2, -0.15) is 0 Å². The number of methoxy groups -OCH3 is 1. The molecule has 0 radical (unpaired) electrons. The van der Waals surface area contributed by atoms with Crippen LogP contribution in [0, 0.1) is 0 Å². The molecule has 1 aliphatic rings. The van der Waals surface area contributed by atoms with Crippen molar-refractivity contribution in [1.82, 2.24) is 9.97 Å². The number of hydrogen-bond acceptors (Lipinski definition) is 4. The van der Waals surface area contributed by atoms with Gasteiger partial charge in [0.15, 0.2) is 10.9 Å². The third kappa shape index (κ3) is 3.42. The summed E-state index contributed by atoms with van der Waals surface area (Å²) in [4.78, 5) is 20.3. The van der Waals surface area contributed by atoms with E-state index in [0.29, 0.717) is 5.75 Å². The number of ether oxygens (including phenoxy) is 1. The van der Waals surface area contributed by atoms with E-state index in [0.717, 1.165) is 40.3 Å². The zero-order valence-electron chi connectivity index (χ0n) is 14.2. The van der Waals surface area contributed by atoms with E-state index in [1.807, 2.05) is 24.3 Å². The van der Waals surface area contributed by atoms with Gasteiger partial charge >= 0.3 is 0 Å². The van der Waals surface area contributed by atoms with Gasteiger partial charge in [0, 0.05) is 11.6 Å². The van der Waals surface area contributed by atoms with Crippen LogP contribution >= 0.6 is 11.8 Å². The van der Waals surface area contributed by atoms with E-state index in [2.05, 4.69) is 22.1 Å². The van der Waals surface area contributed by atoms with Crippen LogP contribution in [0.3, 0.4) is 0 Å². The Morgan fingerprint density at radius 1 is 1.16 bits per heavy atom. The number of ketones is 1. The van der Waals surface area contributed by atoms with E-state index >= 15 is 0 Å². The van der Waals surface area contributed by atoms with Crippen LogP contribution in [-0.2, 0) is 12.8 Å². The maximum atomic E-state index is 12.5. The number of H-pyrrole nitrogens is 1. The molecular weight excluding hydrogens is 332 g/mol. The molecule has 3 aromatic rings. The molecule has 0 saturated heterocycles. The molecule has 1 aromatic heterocycles. The lowest BCUT2D eigenvalue weighted by Crippen LogP contribution is -2.07. The van der Waals surface area contributed by atoms with Crippen molar-refractivity contribution >= 4 is 28.6 Å². The highest BCUT2D eigenvalue weighted by Crippen LogP contribution is 2.25. The van der Waals surface area contributed by atoms with Gasteiger partial charge < -0.3 is 9.72 Å². The Bertz CT molecular complexity index is 933. The van der Waals surface area contributed by atoms with Crippen molar-refractivity contribution in [3.8, 4) is 5.75 Å². The predicted octanol–water partition coefficient (Wildman–Crippen LogP) is 4.43. The normalized spacial score (nSPS) is 13.6. The van der Waals surface area contributed by atoms with Gasteiger partial charge in [-0.3, -0.25) is 4.79 Å². The Kier molecular flexibility index (Phi) is 4.49. The van der Waals surface area contributed by atoms with Gasteiger partial charge in [-0.05, 0) is 55.0 Å². The summed E-state index contributed by atoms with van der Waals surface area (Å²) in [5, 5.41) is 0.759. The quantitative estimate of drug-likeness (QED) is 0.545. The summed E-state index contributed by atoms with van der Waals surface area (Å²) in [6.07, 6.45) is 4.71. The molecule has 0 fully saturated rings. The van der Waals surface area contributed by atoms with Gasteiger partial charge in [0.1, 0.15) is 5.75 Å². The number of thioether (sulfide) groups is 1. The number of aromatic nitrogens is 2. The molecule has 0 amide bonds. The smallest absolute Gasteiger partial charge is 0.173 e. The monoisotopic (exact) mass is 352 g/mol. The second-order valence-electron chi connectivity index (χ2n) is 6.33. The van der Waals surface area contributed by atoms with Gasteiger partial charge in [-0.25, -0.2) is 4.98 Å². The van der Waals surface area contributed by atoms with Crippen molar-refractivity contribution in [1.29, 1.82) is 0 Å². The molecule has 25 heavy (non-hydrogen) atoms. The van der Waals surface area contributed by atoms with Crippen molar-refractivity contribution in [2.75, 3.05) is 12.9 Å². The molecule has 0 spiro atoms. The molecule has 1 N–H and O–H groups in total. The summed E-state index contributed by atoms with van der Waals surface area (Å²) in [5.74, 6) is 1.32. The highest BCUT2D eigenvalue weighted by molar-refractivity contribution is 7.99. The fourth-order valence-corrected chi connectivity index (χ4v) is 4.06. The fraction of sp³-hybridized carbons (Fsp3) is 0.300. The number of imidazole rings is 1. The van der Waals surface area contributed by atoms with Crippen molar-refractivity contribution < 1.29 is 9.53 Å². The van der Waals surface area contributed by atoms with E-state index in [1.54, 1.807) is 7.11 Å². The summed E-state index contributed by atoms with van der Waals surface area (Å²) in [5.41, 5.74) is 5.36. The number of aryl methyl sites for hydroxylation is 2. The van der Waals surface area contributed by atoms with Gasteiger partial charge in [0.2, 0.25) is 0 Å². The van der Waals surface area contributed by atoms with Crippen molar-refractivity contribution in [3.05, 3.63) is 53.1 Å². The number of hydrogen-bond donors (Lipinski definition) is 1. The minimum absolute atomic E-state index is 0.149. The molecule has 128 valence electrons. The van der Waals surface area contributed by atoms with E-state index in [4.69, 9.17) is 4.74 Å². The zero-order chi connectivity index (χ0) is 17.2. The third-order valence-electron chi connectivity index (χ3n) is 4.68. The summed E-state index contributed by atoms with van der Waals surface area (Å²) in [6, 6.07) is 11.9. The van der Waals surface area contributed by atoms with Crippen LogP contribution in [0.25, 0.3) is 11.0 Å². The summed E-state index contributed by atoms with van der Waals surface area (Å²) in [7, 11) is 1.64. The lowest BCUT2D eigenvalue weighted by atomic mass is 9.90. The Morgan fingerprint density at radius 3 is 2.84 bits per heavy atom. The summed E-state index contributed by atoms with van der Waals surface area (Å²) in [6.45, 7) is 0. The first kappa shape index (κ1) is 16.2. The Hall–Kier alpha value is -2.27. The number of benzene rings is 2. The minimum Gasteiger partial charge on any atom is -0.497 e. The van der Waals surface area contributed by atoms with Crippen LogP contribution < -0.4 is 4.74 Å². The number of carbonyl (C=O) groups excluding carboxylic acids is 1. The molecule has 0 aliphatic heterocycles. The second kappa shape index (κ2) is 6.92. The topological polar surface area (TPSA) is 55.0 Å². The fourth-order valence-electron chi connectivity index (χ4n) is 3.28. The number of fused-ring (bicyclic) bond motifs is 2. The maximum Gasteiger partial charge on any atom is 0.173 e. The lowest BCUT2D eigenvalue weighted by molar-refractivity contribution is 0.102. The number of Topliss-reactive ketones (excluding diaryl/α,β-unsaturated/α-hetero) is 1. The van der Waals surface area contributed by atoms with Crippen LogP contribution in [0.4, 0.5) is 0 Å². The SMILES string of the molecule is COc1ccc2nc(SCC(=O)c3ccc4c(c3)CCCC4)[nH]c2c1. The predicted molar refractivity (Wildman–Crippen MR) is 101 cm³/mol. The van der Waals surface area contributed by atoms with Gasteiger partial charge in [0.05, 0.1) is 23.9 Å². The number of nitrogens with one attached hydrogen (secondary N) is 1.